The summed E-state index contributed by atoms with van der Waals surface area (Å²) in [5.41, 5.74) is 1.07. The smallest absolute Gasteiger partial charge is 0.295 e. The Kier molecular flexibility index (Phi) is 3.04. The summed E-state index contributed by atoms with van der Waals surface area (Å²) < 4.78 is 5.51. The van der Waals surface area contributed by atoms with E-state index in [4.69, 9.17) is 4.42 Å². The summed E-state index contributed by atoms with van der Waals surface area (Å²) in [5, 5.41) is 17.2. The van der Waals surface area contributed by atoms with Gasteiger partial charge in [-0.05, 0) is 32.0 Å². The predicted octanol–water partition coefficient (Wildman–Crippen LogP) is 1.90. The van der Waals surface area contributed by atoms with Gasteiger partial charge >= 0.3 is 0 Å². The van der Waals surface area contributed by atoms with Crippen LogP contribution in [0.5, 0.6) is 0 Å². The number of fused-ring (bicyclic) bond motifs is 1. The maximum absolute atomic E-state index is 10.7. The van der Waals surface area contributed by atoms with E-state index in [2.05, 4.69) is 15.6 Å². The van der Waals surface area contributed by atoms with Crippen molar-refractivity contribution in [2.24, 2.45) is 0 Å². The molecule has 2 N–H and O–H groups in total. The molecule has 19 heavy (non-hydrogen) atoms. The molecule has 1 aliphatic rings. The van der Waals surface area contributed by atoms with Crippen LogP contribution >= 0.6 is 0 Å². The van der Waals surface area contributed by atoms with Gasteiger partial charge < -0.3 is 15.1 Å². The van der Waals surface area contributed by atoms with Gasteiger partial charge in [0.25, 0.3) is 11.7 Å². The molecular weight excluding hydrogens is 248 g/mol. The van der Waals surface area contributed by atoms with Gasteiger partial charge in [0.2, 0.25) is 0 Å². The number of hydrogen-bond acceptors (Lipinski definition) is 6. The van der Waals surface area contributed by atoms with Crippen molar-refractivity contribution in [3.05, 3.63) is 28.3 Å². The Morgan fingerprint density at radius 2 is 2.21 bits per heavy atom. The van der Waals surface area contributed by atoms with Crippen molar-refractivity contribution in [1.29, 1.82) is 0 Å². The molecular formula is C12H14N4O3. The van der Waals surface area contributed by atoms with Gasteiger partial charge in [-0.2, -0.15) is 4.98 Å². The molecule has 0 unspecified atom stereocenters. The highest BCUT2D eigenvalue weighted by molar-refractivity contribution is 5.77. The van der Waals surface area contributed by atoms with Gasteiger partial charge in [-0.15, -0.1) is 0 Å². The summed E-state index contributed by atoms with van der Waals surface area (Å²) in [4.78, 5) is 14.5. The van der Waals surface area contributed by atoms with Crippen LogP contribution in [0.25, 0.3) is 11.1 Å². The number of nitro groups is 1. The van der Waals surface area contributed by atoms with Crippen LogP contribution in [-0.2, 0) is 0 Å². The van der Waals surface area contributed by atoms with Crippen molar-refractivity contribution >= 4 is 22.8 Å². The Bertz CT molecular complexity index is 604. The Labute approximate surface area is 109 Å². The topological polar surface area (TPSA) is 93.2 Å². The lowest BCUT2D eigenvalue weighted by Crippen LogP contribution is -2.35. The van der Waals surface area contributed by atoms with Gasteiger partial charge in [-0.25, -0.2) is 0 Å². The summed E-state index contributed by atoms with van der Waals surface area (Å²) >= 11 is 0. The molecule has 2 heterocycles. The number of aromatic nitrogens is 1. The van der Waals surface area contributed by atoms with Crippen LogP contribution in [0.1, 0.15) is 12.8 Å². The number of oxazole rings is 1. The molecule has 1 aromatic heterocycles. The monoisotopic (exact) mass is 262 g/mol. The maximum atomic E-state index is 10.7. The molecule has 0 radical (unpaired) electrons. The standard InChI is InChI=1S/C12H14N4O3/c17-16(18)9-1-2-10-11(7-9)19-12(15-10)14-8-3-5-13-6-4-8/h1-2,7-8,13H,3-6H2,(H,14,15). The molecule has 100 valence electrons. The zero-order chi connectivity index (χ0) is 13.2. The van der Waals surface area contributed by atoms with E-state index in [1.165, 1.54) is 12.1 Å². The third-order valence-electron chi connectivity index (χ3n) is 3.25. The first-order valence-electron chi connectivity index (χ1n) is 6.24. The summed E-state index contributed by atoms with van der Waals surface area (Å²) in [6.45, 7) is 1.95. The average molecular weight is 262 g/mol. The zero-order valence-corrected chi connectivity index (χ0v) is 10.3. The number of non-ortho nitro benzene ring substituents is 1. The molecule has 2 aromatic rings. The number of piperidine rings is 1. The molecule has 3 rings (SSSR count). The minimum absolute atomic E-state index is 0.0112. The number of rotatable bonds is 3. The molecule has 1 aromatic carbocycles. The molecule has 0 aliphatic carbocycles. The fraction of sp³-hybridized carbons (Fsp3) is 0.417. The van der Waals surface area contributed by atoms with E-state index in [0.717, 1.165) is 25.9 Å². The SMILES string of the molecule is O=[N+]([O-])c1ccc2nc(NC3CCNCC3)oc2c1. The van der Waals surface area contributed by atoms with Crippen molar-refractivity contribution in [2.75, 3.05) is 18.4 Å². The first kappa shape index (κ1) is 11.9. The second-order valence-electron chi connectivity index (χ2n) is 4.60. The van der Waals surface area contributed by atoms with Crippen molar-refractivity contribution in [2.45, 2.75) is 18.9 Å². The van der Waals surface area contributed by atoms with E-state index in [1.807, 2.05) is 0 Å². The highest BCUT2D eigenvalue weighted by Gasteiger charge is 2.16. The van der Waals surface area contributed by atoms with Crippen LogP contribution < -0.4 is 10.6 Å². The van der Waals surface area contributed by atoms with Gasteiger partial charge in [0.05, 0.1) is 11.0 Å². The molecule has 7 heteroatoms. The Morgan fingerprint density at radius 3 is 2.95 bits per heavy atom. The predicted molar refractivity (Wildman–Crippen MR) is 70.2 cm³/mol. The van der Waals surface area contributed by atoms with Crippen LogP contribution in [0, 0.1) is 10.1 Å². The molecule has 1 aliphatic heterocycles. The molecule has 0 atom stereocenters. The van der Waals surface area contributed by atoms with Crippen molar-refractivity contribution in [3.8, 4) is 0 Å². The normalized spacial score (nSPS) is 16.6. The van der Waals surface area contributed by atoms with Crippen LogP contribution in [0.4, 0.5) is 11.7 Å². The minimum atomic E-state index is -0.443. The summed E-state index contributed by atoms with van der Waals surface area (Å²) in [6.07, 6.45) is 2.03. The molecule has 0 spiro atoms. The highest BCUT2D eigenvalue weighted by atomic mass is 16.6. The first-order chi connectivity index (χ1) is 9.22. The van der Waals surface area contributed by atoms with Crippen molar-refractivity contribution in [1.82, 2.24) is 10.3 Å². The number of nitro benzene ring substituents is 1. The van der Waals surface area contributed by atoms with E-state index >= 15 is 0 Å². The van der Waals surface area contributed by atoms with E-state index in [-0.39, 0.29) is 5.69 Å². The third kappa shape index (κ3) is 2.50. The molecule has 0 amide bonds. The van der Waals surface area contributed by atoms with Gasteiger partial charge in [0.1, 0.15) is 5.52 Å². The largest absolute Gasteiger partial charge is 0.423 e. The van der Waals surface area contributed by atoms with Crippen LogP contribution in [0.3, 0.4) is 0 Å². The lowest BCUT2D eigenvalue weighted by molar-refractivity contribution is -0.384. The average Bonchev–Trinajstić information content (AvgIpc) is 2.80. The fourth-order valence-electron chi connectivity index (χ4n) is 2.23. The van der Waals surface area contributed by atoms with E-state index in [9.17, 15) is 10.1 Å². The third-order valence-corrected chi connectivity index (χ3v) is 3.25. The lowest BCUT2D eigenvalue weighted by atomic mass is 10.1. The summed E-state index contributed by atoms with van der Waals surface area (Å²) in [5.74, 6) is 0. The Balaban J connectivity index is 1.82. The Hall–Kier alpha value is -2.15. The molecule has 7 nitrogen and oxygen atoms in total. The van der Waals surface area contributed by atoms with Crippen molar-refractivity contribution in [3.63, 3.8) is 0 Å². The number of nitrogens with zero attached hydrogens (tertiary/aromatic N) is 2. The number of hydrogen-bond donors (Lipinski definition) is 2. The number of nitrogens with one attached hydrogen (secondary N) is 2. The van der Waals surface area contributed by atoms with Gasteiger partial charge in [0.15, 0.2) is 5.58 Å². The quantitative estimate of drug-likeness (QED) is 0.648. The van der Waals surface area contributed by atoms with Gasteiger partial charge in [-0.1, -0.05) is 0 Å². The van der Waals surface area contributed by atoms with Crippen LogP contribution in [0.15, 0.2) is 22.6 Å². The fourth-order valence-corrected chi connectivity index (χ4v) is 2.23. The van der Waals surface area contributed by atoms with Gasteiger partial charge in [-0.3, -0.25) is 10.1 Å². The number of benzene rings is 1. The van der Waals surface area contributed by atoms with Crippen LogP contribution in [0.2, 0.25) is 0 Å². The molecule has 0 saturated carbocycles. The molecule has 0 bridgehead atoms. The van der Waals surface area contributed by atoms with Crippen molar-refractivity contribution < 1.29 is 9.34 Å². The number of anilines is 1. The molecule has 1 fully saturated rings. The minimum Gasteiger partial charge on any atom is -0.423 e. The Morgan fingerprint density at radius 1 is 1.42 bits per heavy atom. The van der Waals surface area contributed by atoms with Gasteiger partial charge in [0, 0.05) is 12.1 Å². The summed E-state index contributed by atoms with van der Waals surface area (Å²) in [7, 11) is 0. The lowest BCUT2D eigenvalue weighted by Gasteiger charge is -2.22. The van der Waals surface area contributed by atoms with E-state index in [0.29, 0.717) is 23.2 Å². The first-order valence-corrected chi connectivity index (χ1v) is 6.24. The second kappa shape index (κ2) is 4.85. The van der Waals surface area contributed by atoms with Crippen LogP contribution in [-0.4, -0.2) is 29.0 Å². The molecule has 1 saturated heterocycles. The second-order valence-corrected chi connectivity index (χ2v) is 4.60. The van der Waals surface area contributed by atoms with E-state index < -0.39 is 4.92 Å². The van der Waals surface area contributed by atoms with E-state index in [1.54, 1.807) is 6.07 Å². The zero-order valence-electron chi connectivity index (χ0n) is 10.3. The summed E-state index contributed by atoms with van der Waals surface area (Å²) in [6, 6.07) is 5.20. The maximum Gasteiger partial charge on any atom is 0.295 e. The highest BCUT2D eigenvalue weighted by Crippen LogP contribution is 2.24.